The van der Waals surface area contributed by atoms with Gasteiger partial charge in [-0.1, -0.05) is 19.8 Å². The largest absolute Gasteiger partial charge is 0.416 e. The van der Waals surface area contributed by atoms with Gasteiger partial charge in [-0.25, -0.2) is 0 Å². The molecule has 0 unspecified atom stereocenters. The van der Waals surface area contributed by atoms with Crippen LogP contribution in [0.5, 0.6) is 0 Å². The molecular weight excluding hydrogens is 267 g/mol. The van der Waals surface area contributed by atoms with Crippen molar-refractivity contribution in [3.05, 3.63) is 35.4 Å². The summed E-state index contributed by atoms with van der Waals surface area (Å²) >= 11 is 0. The van der Waals surface area contributed by atoms with E-state index in [0.717, 1.165) is 31.4 Å². The third-order valence-electron chi connectivity index (χ3n) is 3.90. The van der Waals surface area contributed by atoms with E-state index in [2.05, 4.69) is 12.2 Å². The molecule has 0 aromatic heterocycles. The number of carbonyl (C=O) groups is 1. The molecule has 1 aromatic carbocycles. The van der Waals surface area contributed by atoms with E-state index < -0.39 is 11.7 Å². The number of benzene rings is 1. The van der Waals surface area contributed by atoms with Gasteiger partial charge in [-0.2, -0.15) is 13.2 Å². The van der Waals surface area contributed by atoms with E-state index in [1.165, 1.54) is 18.6 Å². The standard InChI is InChI=1S/C15H18F3NO/c1-10-4-2-3-5-13(10)19-14(20)11-6-8-12(9-7-11)15(16,17)18/h6-10,13H,2-5H2,1H3,(H,19,20)/t10-,13+/m0/s1. The molecule has 0 spiro atoms. The number of amides is 1. The van der Waals surface area contributed by atoms with E-state index in [-0.39, 0.29) is 17.5 Å². The van der Waals surface area contributed by atoms with Crippen LogP contribution in [0.1, 0.15) is 48.5 Å². The first kappa shape index (κ1) is 14.9. The first-order valence-electron chi connectivity index (χ1n) is 6.86. The molecule has 1 aromatic rings. The second-order valence-corrected chi connectivity index (χ2v) is 5.42. The average molecular weight is 285 g/mol. The van der Waals surface area contributed by atoms with Gasteiger partial charge in [-0.3, -0.25) is 4.79 Å². The van der Waals surface area contributed by atoms with Gasteiger partial charge in [0.05, 0.1) is 5.56 Å². The van der Waals surface area contributed by atoms with E-state index in [4.69, 9.17) is 0 Å². The monoisotopic (exact) mass is 285 g/mol. The van der Waals surface area contributed by atoms with Gasteiger partial charge >= 0.3 is 6.18 Å². The van der Waals surface area contributed by atoms with Gasteiger partial charge in [0.25, 0.3) is 5.91 Å². The van der Waals surface area contributed by atoms with Crippen LogP contribution in [0.2, 0.25) is 0 Å². The number of hydrogen-bond donors (Lipinski definition) is 1. The van der Waals surface area contributed by atoms with E-state index >= 15 is 0 Å². The summed E-state index contributed by atoms with van der Waals surface area (Å²) in [6.07, 6.45) is -0.0888. The molecule has 1 aliphatic rings. The van der Waals surface area contributed by atoms with Crippen molar-refractivity contribution in [1.82, 2.24) is 5.32 Å². The Morgan fingerprint density at radius 2 is 1.75 bits per heavy atom. The maximum absolute atomic E-state index is 12.4. The Morgan fingerprint density at radius 1 is 1.15 bits per heavy atom. The van der Waals surface area contributed by atoms with Crippen molar-refractivity contribution >= 4 is 5.91 Å². The van der Waals surface area contributed by atoms with Crippen molar-refractivity contribution < 1.29 is 18.0 Å². The Labute approximate surface area is 116 Å². The van der Waals surface area contributed by atoms with Crippen LogP contribution in [-0.4, -0.2) is 11.9 Å². The lowest BCUT2D eigenvalue weighted by molar-refractivity contribution is -0.137. The second kappa shape index (κ2) is 5.85. The van der Waals surface area contributed by atoms with Crippen molar-refractivity contribution in [2.24, 2.45) is 5.92 Å². The summed E-state index contributed by atoms with van der Waals surface area (Å²) in [4.78, 5) is 12.0. The molecule has 2 rings (SSSR count). The molecule has 20 heavy (non-hydrogen) atoms. The summed E-state index contributed by atoms with van der Waals surface area (Å²) in [6, 6.07) is 4.47. The average Bonchev–Trinajstić information content (AvgIpc) is 2.40. The molecule has 1 amide bonds. The zero-order valence-corrected chi connectivity index (χ0v) is 11.3. The van der Waals surface area contributed by atoms with Crippen LogP contribution in [0.25, 0.3) is 0 Å². The summed E-state index contributed by atoms with van der Waals surface area (Å²) < 4.78 is 37.3. The van der Waals surface area contributed by atoms with Gasteiger partial charge in [-0.15, -0.1) is 0 Å². The van der Waals surface area contributed by atoms with Gasteiger partial charge in [0.1, 0.15) is 0 Å². The van der Waals surface area contributed by atoms with E-state index in [0.29, 0.717) is 5.92 Å². The van der Waals surface area contributed by atoms with Crippen LogP contribution in [0, 0.1) is 5.92 Å². The van der Waals surface area contributed by atoms with Crippen molar-refractivity contribution in [2.45, 2.75) is 44.8 Å². The molecule has 1 fully saturated rings. The van der Waals surface area contributed by atoms with Gasteiger partial charge < -0.3 is 5.32 Å². The zero-order valence-electron chi connectivity index (χ0n) is 11.3. The highest BCUT2D eigenvalue weighted by atomic mass is 19.4. The lowest BCUT2D eigenvalue weighted by atomic mass is 9.86. The highest BCUT2D eigenvalue weighted by Crippen LogP contribution is 2.29. The molecule has 0 radical (unpaired) electrons. The molecule has 0 bridgehead atoms. The second-order valence-electron chi connectivity index (χ2n) is 5.42. The third-order valence-corrected chi connectivity index (χ3v) is 3.90. The lowest BCUT2D eigenvalue weighted by Crippen LogP contribution is -2.41. The lowest BCUT2D eigenvalue weighted by Gasteiger charge is -2.29. The van der Waals surface area contributed by atoms with E-state index in [1.54, 1.807) is 0 Å². The highest BCUT2D eigenvalue weighted by Gasteiger charge is 2.30. The summed E-state index contributed by atoms with van der Waals surface area (Å²) in [5.41, 5.74) is -0.462. The number of carbonyl (C=O) groups excluding carboxylic acids is 1. The Kier molecular flexibility index (Phi) is 4.35. The maximum Gasteiger partial charge on any atom is 0.416 e. The Balaban J connectivity index is 2.02. The van der Waals surface area contributed by atoms with Gasteiger partial charge in [0.15, 0.2) is 0 Å². The number of rotatable bonds is 2. The molecule has 1 saturated carbocycles. The van der Waals surface area contributed by atoms with Crippen LogP contribution >= 0.6 is 0 Å². The Hall–Kier alpha value is -1.52. The van der Waals surface area contributed by atoms with Crippen LogP contribution < -0.4 is 5.32 Å². The first-order valence-corrected chi connectivity index (χ1v) is 6.86. The zero-order chi connectivity index (χ0) is 14.8. The molecule has 2 atom stereocenters. The topological polar surface area (TPSA) is 29.1 Å². The van der Waals surface area contributed by atoms with Crippen LogP contribution in [-0.2, 0) is 6.18 Å². The number of nitrogens with one attached hydrogen (secondary N) is 1. The highest BCUT2D eigenvalue weighted by molar-refractivity contribution is 5.94. The third kappa shape index (κ3) is 3.52. The van der Waals surface area contributed by atoms with Crippen molar-refractivity contribution in [1.29, 1.82) is 0 Å². The van der Waals surface area contributed by atoms with E-state index in [9.17, 15) is 18.0 Å². The number of alkyl halides is 3. The summed E-state index contributed by atoms with van der Waals surface area (Å²) in [5.74, 6) is 0.125. The fourth-order valence-corrected chi connectivity index (χ4v) is 2.59. The Morgan fingerprint density at radius 3 is 2.30 bits per heavy atom. The molecule has 0 saturated heterocycles. The molecule has 0 aliphatic heterocycles. The fourth-order valence-electron chi connectivity index (χ4n) is 2.59. The molecule has 2 nitrogen and oxygen atoms in total. The Bertz CT molecular complexity index is 467. The quantitative estimate of drug-likeness (QED) is 0.874. The van der Waals surface area contributed by atoms with Gasteiger partial charge in [0.2, 0.25) is 0 Å². The van der Waals surface area contributed by atoms with Gasteiger partial charge in [0, 0.05) is 11.6 Å². The minimum Gasteiger partial charge on any atom is -0.349 e. The maximum atomic E-state index is 12.4. The van der Waals surface area contributed by atoms with Gasteiger partial charge in [-0.05, 0) is 43.0 Å². The summed E-state index contributed by atoms with van der Waals surface area (Å²) in [6.45, 7) is 2.09. The predicted octanol–water partition coefficient (Wildman–Crippen LogP) is 4.01. The molecule has 110 valence electrons. The van der Waals surface area contributed by atoms with Crippen molar-refractivity contribution in [2.75, 3.05) is 0 Å². The van der Waals surface area contributed by atoms with Crippen LogP contribution in [0.3, 0.4) is 0 Å². The van der Waals surface area contributed by atoms with Crippen molar-refractivity contribution in [3.8, 4) is 0 Å². The van der Waals surface area contributed by atoms with E-state index in [1.807, 2.05) is 0 Å². The van der Waals surface area contributed by atoms with Crippen LogP contribution in [0.15, 0.2) is 24.3 Å². The molecule has 0 heterocycles. The number of hydrogen-bond acceptors (Lipinski definition) is 1. The first-order chi connectivity index (χ1) is 9.38. The molecule has 1 aliphatic carbocycles. The van der Waals surface area contributed by atoms with Crippen LogP contribution in [0.4, 0.5) is 13.2 Å². The minimum absolute atomic E-state index is 0.124. The normalized spacial score (nSPS) is 23.4. The predicted molar refractivity (Wildman–Crippen MR) is 70.3 cm³/mol. The fraction of sp³-hybridized carbons (Fsp3) is 0.533. The molecular formula is C15H18F3NO. The minimum atomic E-state index is -4.37. The molecule has 1 N–H and O–H groups in total. The summed E-state index contributed by atoms with van der Waals surface area (Å²) in [5, 5.41) is 2.92. The SMILES string of the molecule is C[C@H]1CCCC[C@H]1NC(=O)c1ccc(C(F)(F)F)cc1. The van der Waals surface area contributed by atoms with Crippen molar-refractivity contribution in [3.63, 3.8) is 0 Å². The smallest absolute Gasteiger partial charge is 0.349 e. The molecule has 5 heteroatoms. The number of halogens is 3. The summed E-state index contributed by atoms with van der Waals surface area (Å²) in [7, 11) is 0.